The Bertz CT molecular complexity index is 1000. The van der Waals surface area contributed by atoms with E-state index >= 15 is 0 Å². The van der Waals surface area contributed by atoms with E-state index in [1.807, 2.05) is 0 Å². The topological polar surface area (TPSA) is 49.0 Å². The Morgan fingerprint density at radius 3 is 3.12 bits per heavy atom. The molecule has 24 heavy (non-hydrogen) atoms. The third-order valence-corrected chi connectivity index (χ3v) is 6.45. The molecule has 5 rings (SSSR count). The Balaban J connectivity index is 1.54. The van der Waals surface area contributed by atoms with Gasteiger partial charge in [0, 0.05) is 23.0 Å². The highest BCUT2D eigenvalue weighted by Crippen LogP contribution is 2.37. The Morgan fingerprint density at radius 2 is 2.21 bits per heavy atom. The lowest BCUT2D eigenvalue weighted by Gasteiger charge is -2.18. The number of fused-ring (bicyclic) bond motifs is 4. The van der Waals surface area contributed by atoms with Gasteiger partial charge in [-0.25, -0.2) is 4.98 Å². The lowest BCUT2D eigenvalue weighted by molar-refractivity contribution is 0.725. The van der Waals surface area contributed by atoms with E-state index in [0.29, 0.717) is 12.5 Å². The predicted octanol–water partition coefficient (Wildman–Crippen LogP) is 3.60. The first-order chi connectivity index (χ1) is 11.7. The van der Waals surface area contributed by atoms with Crippen LogP contribution < -0.4 is 10.5 Å². The van der Waals surface area contributed by atoms with Gasteiger partial charge in [-0.3, -0.25) is 4.79 Å². The third-order valence-electron chi connectivity index (χ3n) is 5.27. The molecule has 0 saturated heterocycles. The van der Waals surface area contributed by atoms with E-state index in [2.05, 4.69) is 41.1 Å². The van der Waals surface area contributed by atoms with Gasteiger partial charge in [0.2, 0.25) is 0 Å². The fraction of sp³-hybridized carbons (Fsp3) is 0.368. The van der Waals surface area contributed by atoms with E-state index in [1.165, 1.54) is 28.1 Å². The lowest BCUT2D eigenvalue weighted by atomic mass is 10.0. The number of H-pyrrole nitrogens is 1. The molecule has 1 unspecified atom stereocenters. The second-order valence-corrected chi connectivity index (χ2v) is 7.97. The number of aromatic nitrogens is 2. The summed E-state index contributed by atoms with van der Waals surface area (Å²) in [7, 11) is 0. The molecule has 1 aromatic carbocycles. The van der Waals surface area contributed by atoms with Gasteiger partial charge in [-0.05, 0) is 36.5 Å². The largest absolute Gasteiger partial charge is 0.363 e. The Labute approximate surface area is 144 Å². The molecule has 0 spiro atoms. The second kappa shape index (κ2) is 5.18. The molecule has 0 bridgehead atoms. The average molecular weight is 337 g/mol. The van der Waals surface area contributed by atoms with Gasteiger partial charge >= 0.3 is 0 Å². The van der Waals surface area contributed by atoms with Crippen LogP contribution in [0.25, 0.3) is 10.2 Å². The van der Waals surface area contributed by atoms with Crippen molar-refractivity contribution in [1.29, 1.82) is 0 Å². The van der Waals surface area contributed by atoms with Crippen LogP contribution in [-0.4, -0.2) is 16.5 Å². The van der Waals surface area contributed by atoms with Crippen molar-refractivity contribution in [2.75, 3.05) is 11.4 Å². The number of hydrogen-bond donors (Lipinski definition) is 1. The van der Waals surface area contributed by atoms with Crippen molar-refractivity contribution in [2.24, 2.45) is 0 Å². The molecule has 2 aliphatic rings. The van der Waals surface area contributed by atoms with Crippen LogP contribution in [0.15, 0.2) is 29.1 Å². The number of para-hydroxylation sites is 1. The summed E-state index contributed by atoms with van der Waals surface area (Å²) in [4.78, 5) is 25.0. The minimum absolute atomic E-state index is 0.0370. The molecule has 2 aromatic heterocycles. The number of benzene rings is 1. The Kier molecular flexibility index (Phi) is 3.07. The van der Waals surface area contributed by atoms with Gasteiger partial charge in [-0.1, -0.05) is 25.1 Å². The molecule has 1 atom stereocenters. The minimum atomic E-state index is 0.0370. The summed E-state index contributed by atoms with van der Waals surface area (Å²) in [6.07, 6.45) is 3.29. The lowest BCUT2D eigenvalue weighted by Crippen LogP contribution is -2.24. The van der Waals surface area contributed by atoms with Gasteiger partial charge in [-0.15, -0.1) is 11.3 Å². The average Bonchev–Trinajstić information content (AvgIpc) is 3.22. The summed E-state index contributed by atoms with van der Waals surface area (Å²) in [5.41, 5.74) is 3.93. The number of nitrogens with one attached hydrogen (secondary N) is 1. The zero-order chi connectivity index (χ0) is 16.3. The van der Waals surface area contributed by atoms with Crippen molar-refractivity contribution >= 4 is 27.2 Å². The van der Waals surface area contributed by atoms with Crippen LogP contribution in [0.4, 0.5) is 5.69 Å². The van der Waals surface area contributed by atoms with Gasteiger partial charge in [0.05, 0.1) is 11.9 Å². The summed E-state index contributed by atoms with van der Waals surface area (Å²) < 4.78 is 0. The molecular weight excluding hydrogens is 318 g/mol. The minimum Gasteiger partial charge on any atom is -0.363 e. The van der Waals surface area contributed by atoms with Crippen molar-refractivity contribution in [3.05, 3.63) is 56.4 Å². The van der Waals surface area contributed by atoms with Crippen LogP contribution >= 0.6 is 11.3 Å². The van der Waals surface area contributed by atoms with Crippen LogP contribution in [0.5, 0.6) is 0 Å². The third kappa shape index (κ3) is 2.04. The second-order valence-electron chi connectivity index (χ2n) is 6.89. The summed E-state index contributed by atoms with van der Waals surface area (Å²) in [5.74, 6) is 1.29. The molecular formula is C19H19N3OS. The van der Waals surface area contributed by atoms with Gasteiger partial charge in [0.25, 0.3) is 5.56 Å². The van der Waals surface area contributed by atoms with Gasteiger partial charge in [-0.2, -0.15) is 0 Å². The van der Waals surface area contributed by atoms with E-state index in [0.717, 1.165) is 35.4 Å². The number of rotatable bonds is 2. The molecule has 122 valence electrons. The number of aromatic amines is 1. The number of aryl methyl sites for hydroxylation is 2. The summed E-state index contributed by atoms with van der Waals surface area (Å²) in [5, 5.41) is 0.839. The molecule has 0 radical (unpaired) electrons. The maximum Gasteiger partial charge on any atom is 0.259 e. The normalized spacial score (nSPS) is 19.0. The smallest absolute Gasteiger partial charge is 0.259 e. The van der Waals surface area contributed by atoms with E-state index in [1.54, 1.807) is 11.3 Å². The molecule has 3 aromatic rings. The first-order valence-electron chi connectivity index (χ1n) is 8.58. The molecule has 1 aliphatic heterocycles. The zero-order valence-corrected chi connectivity index (χ0v) is 14.4. The van der Waals surface area contributed by atoms with Crippen molar-refractivity contribution in [3.8, 4) is 0 Å². The highest BCUT2D eigenvalue weighted by molar-refractivity contribution is 7.18. The van der Waals surface area contributed by atoms with E-state index in [4.69, 9.17) is 4.98 Å². The molecule has 1 aliphatic carbocycles. The van der Waals surface area contributed by atoms with Gasteiger partial charge < -0.3 is 9.88 Å². The van der Waals surface area contributed by atoms with E-state index < -0.39 is 0 Å². The van der Waals surface area contributed by atoms with Crippen LogP contribution in [0.3, 0.4) is 0 Å². The highest BCUT2D eigenvalue weighted by Gasteiger charge is 2.26. The maximum atomic E-state index is 12.6. The van der Waals surface area contributed by atoms with Crippen LogP contribution in [0.2, 0.25) is 0 Å². The van der Waals surface area contributed by atoms with E-state index in [-0.39, 0.29) is 5.56 Å². The summed E-state index contributed by atoms with van der Waals surface area (Å²) in [6.45, 7) is 3.89. The number of hydrogen-bond acceptors (Lipinski definition) is 4. The molecule has 4 nitrogen and oxygen atoms in total. The molecule has 0 saturated carbocycles. The molecule has 0 fully saturated rings. The monoisotopic (exact) mass is 337 g/mol. The number of nitrogens with zero attached hydrogens (tertiary/aromatic N) is 2. The van der Waals surface area contributed by atoms with Crippen molar-refractivity contribution in [2.45, 2.75) is 38.6 Å². The highest BCUT2D eigenvalue weighted by atomic mass is 32.1. The molecule has 0 amide bonds. The van der Waals surface area contributed by atoms with Crippen LogP contribution in [-0.2, 0) is 19.4 Å². The molecule has 1 N–H and O–H groups in total. The zero-order valence-electron chi connectivity index (χ0n) is 13.6. The fourth-order valence-corrected chi connectivity index (χ4v) is 5.45. The van der Waals surface area contributed by atoms with Gasteiger partial charge in [0.15, 0.2) is 0 Å². The van der Waals surface area contributed by atoms with Crippen molar-refractivity contribution in [3.63, 3.8) is 0 Å². The van der Waals surface area contributed by atoms with Crippen LogP contribution in [0, 0.1) is 0 Å². The molecule has 3 heterocycles. The summed E-state index contributed by atoms with van der Waals surface area (Å²) >= 11 is 1.71. The van der Waals surface area contributed by atoms with Crippen molar-refractivity contribution in [1.82, 2.24) is 9.97 Å². The van der Waals surface area contributed by atoms with Gasteiger partial charge in [0.1, 0.15) is 10.7 Å². The first kappa shape index (κ1) is 14.2. The Morgan fingerprint density at radius 1 is 1.33 bits per heavy atom. The quantitative estimate of drug-likeness (QED) is 0.777. The van der Waals surface area contributed by atoms with E-state index in [9.17, 15) is 4.79 Å². The predicted molar refractivity (Wildman–Crippen MR) is 98.2 cm³/mol. The maximum absolute atomic E-state index is 12.6. The standard InChI is InChI=1S/C19H19N3OS/c1-11-9-22(14-7-3-2-5-12(11)14)10-16-20-18(23)17-13-6-4-8-15(13)24-19(17)21-16/h2-3,5,7,11H,4,6,8-10H2,1H3,(H,20,21,23). The number of anilines is 1. The number of thiophene rings is 1. The summed E-state index contributed by atoms with van der Waals surface area (Å²) in [6, 6.07) is 8.53. The SMILES string of the molecule is CC1CN(Cc2nc3sc4c(c3c(=O)[nH]2)CCC4)c2ccccc21. The van der Waals surface area contributed by atoms with Crippen LogP contribution in [0.1, 0.15) is 41.1 Å². The molecule has 5 heteroatoms. The fourth-order valence-electron chi connectivity index (χ4n) is 4.17. The van der Waals surface area contributed by atoms with Crippen molar-refractivity contribution < 1.29 is 0 Å². The Hall–Kier alpha value is -2.14. The first-order valence-corrected chi connectivity index (χ1v) is 9.39.